The lowest BCUT2D eigenvalue weighted by Crippen LogP contribution is -2.15. The van der Waals surface area contributed by atoms with Gasteiger partial charge in [0.15, 0.2) is 11.0 Å². The number of anilines is 1. The molecule has 0 aliphatic heterocycles. The molecule has 0 aliphatic carbocycles. The number of nitrogens with one attached hydrogen (secondary N) is 1. The molecular formula is C21H17FN8OS. The van der Waals surface area contributed by atoms with Gasteiger partial charge in [0.25, 0.3) is 11.3 Å². The van der Waals surface area contributed by atoms with Crippen molar-refractivity contribution >= 4 is 23.5 Å². The summed E-state index contributed by atoms with van der Waals surface area (Å²) in [4.78, 5) is 20.6. The quantitative estimate of drug-likeness (QED) is 0.383. The summed E-state index contributed by atoms with van der Waals surface area (Å²) in [6.45, 7) is 0.463. The molecule has 9 nitrogen and oxygen atoms in total. The molecule has 2 aromatic carbocycles. The fourth-order valence-corrected chi connectivity index (χ4v) is 4.13. The van der Waals surface area contributed by atoms with E-state index in [2.05, 4.69) is 25.3 Å². The van der Waals surface area contributed by atoms with Crippen molar-refractivity contribution in [2.24, 2.45) is 0 Å². The fourth-order valence-electron chi connectivity index (χ4n) is 3.30. The van der Waals surface area contributed by atoms with Gasteiger partial charge in [0, 0.05) is 11.8 Å². The summed E-state index contributed by atoms with van der Waals surface area (Å²) in [6.07, 6.45) is 0. The summed E-state index contributed by atoms with van der Waals surface area (Å²) in [5, 5.41) is 11.8. The van der Waals surface area contributed by atoms with Crippen LogP contribution < -0.4 is 11.3 Å². The van der Waals surface area contributed by atoms with Crippen molar-refractivity contribution in [3.05, 3.63) is 88.1 Å². The third-order valence-corrected chi connectivity index (χ3v) is 5.77. The second kappa shape index (κ2) is 8.27. The largest absolute Gasteiger partial charge is 0.368 e. The minimum absolute atomic E-state index is 0.108. The molecule has 5 aromatic rings. The van der Waals surface area contributed by atoms with Crippen LogP contribution in [0.2, 0.25) is 0 Å². The van der Waals surface area contributed by atoms with Crippen LogP contribution in [0.15, 0.2) is 70.6 Å². The molecule has 3 N–H and O–H groups in total. The van der Waals surface area contributed by atoms with Gasteiger partial charge >= 0.3 is 0 Å². The van der Waals surface area contributed by atoms with E-state index in [1.165, 1.54) is 28.4 Å². The van der Waals surface area contributed by atoms with Crippen LogP contribution in [0.4, 0.5) is 10.3 Å². The number of rotatable bonds is 6. The number of aromatic nitrogens is 7. The highest BCUT2D eigenvalue weighted by Gasteiger charge is 2.18. The average molecular weight is 448 g/mol. The second-order valence-electron chi connectivity index (χ2n) is 6.98. The van der Waals surface area contributed by atoms with Gasteiger partial charge in [-0.15, -0.1) is 10.2 Å². The number of H-pyrrole nitrogens is 1. The Hall–Kier alpha value is -3.99. The number of nitrogens with zero attached hydrogens (tertiary/aromatic N) is 6. The molecule has 160 valence electrons. The van der Waals surface area contributed by atoms with E-state index in [1.807, 2.05) is 34.9 Å². The van der Waals surface area contributed by atoms with E-state index in [9.17, 15) is 9.18 Å². The molecule has 0 atom stereocenters. The van der Waals surface area contributed by atoms with E-state index in [1.54, 1.807) is 18.2 Å². The molecule has 3 aromatic heterocycles. The molecule has 0 fully saturated rings. The van der Waals surface area contributed by atoms with Crippen LogP contribution in [0.25, 0.3) is 17.2 Å². The predicted molar refractivity (Wildman–Crippen MR) is 119 cm³/mol. The smallest absolute Gasteiger partial charge is 0.274 e. The third kappa shape index (κ3) is 3.85. The number of halogens is 1. The Bertz CT molecular complexity index is 1460. The summed E-state index contributed by atoms with van der Waals surface area (Å²) in [5.74, 6) is 0.711. The van der Waals surface area contributed by atoms with E-state index in [0.717, 1.165) is 5.56 Å². The van der Waals surface area contributed by atoms with Crippen molar-refractivity contribution in [2.45, 2.75) is 17.5 Å². The highest BCUT2D eigenvalue weighted by Crippen LogP contribution is 2.28. The van der Waals surface area contributed by atoms with Crippen LogP contribution >= 0.6 is 11.8 Å². The molecular weight excluding hydrogens is 431 g/mol. The van der Waals surface area contributed by atoms with Crippen molar-refractivity contribution in [2.75, 3.05) is 5.73 Å². The molecule has 0 amide bonds. The number of benzene rings is 2. The fraction of sp³-hybridized carbons (Fsp3) is 0.0952. The number of fused-ring (bicyclic) bond motifs is 1. The zero-order chi connectivity index (χ0) is 22.1. The number of thioether (sulfide) groups is 1. The minimum Gasteiger partial charge on any atom is -0.368 e. The number of aromatic amines is 1. The topological polar surface area (TPSA) is 120 Å². The molecule has 3 heterocycles. The Morgan fingerprint density at radius 3 is 2.62 bits per heavy atom. The molecule has 0 unspecified atom stereocenters. The maximum absolute atomic E-state index is 14.5. The molecule has 0 saturated carbocycles. The first kappa shape index (κ1) is 19.9. The Kier molecular flexibility index (Phi) is 5.15. The molecule has 11 heteroatoms. The number of nitrogens with two attached hydrogens (primary N) is 1. The lowest BCUT2D eigenvalue weighted by Gasteiger charge is -2.11. The molecule has 0 bridgehead atoms. The van der Waals surface area contributed by atoms with Gasteiger partial charge in [0.1, 0.15) is 5.82 Å². The number of hydrogen-bond donors (Lipinski definition) is 2. The summed E-state index contributed by atoms with van der Waals surface area (Å²) in [5.41, 5.74) is 7.22. The van der Waals surface area contributed by atoms with E-state index in [-0.39, 0.29) is 23.1 Å². The van der Waals surface area contributed by atoms with Crippen LogP contribution in [-0.4, -0.2) is 34.3 Å². The van der Waals surface area contributed by atoms with Crippen LogP contribution in [0, 0.1) is 5.82 Å². The second-order valence-corrected chi connectivity index (χ2v) is 7.92. The van der Waals surface area contributed by atoms with Crippen LogP contribution in [-0.2, 0) is 12.3 Å². The maximum Gasteiger partial charge on any atom is 0.274 e. The van der Waals surface area contributed by atoms with Gasteiger partial charge in [0.2, 0.25) is 5.95 Å². The summed E-state index contributed by atoms with van der Waals surface area (Å²) in [7, 11) is 0. The first-order valence-electron chi connectivity index (χ1n) is 9.67. The van der Waals surface area contributed by atoms with Crippen molar-refractivity contribution in [1.82, 2.24) is 34.3 Å². The van der Waals surface area contributed by atoms with Crippen molar-refractivity contribution < 1.29 is 4.39 Å². The standard InChI is InChI=1S/C21H17FN8OS/c22-16-9-5-4-8-15(16)18-26-27-21(29(18)11-13-6-2-1-3-7-13)32-12-14-10-17(31)30-20(24-14)25-19(23)28-30/h1-10H,11-12H2,(H3,23,24,25,28). The van der Waals surface area contributed by atoms with Crippen LogP contribution in [0.3, 0.4) is 0 Å². The molecule has 0 aliphatic rings. The van der Waals surface area contributed by atoms with Gasteiger partial charge in [-0.05, 0) is 17.7 Å². The van der Waals surface area contributed by atoms with E-state index in [4.69, 9.17) is 5.73 Å². The molecule has 0 radical (unpaired) electrons. The van der Waals surface area contributed by atoms with Gasteiger partial charge in [-0.3, -0.25) is 14.5 Å². The van der Waals surface area contributed by atoms with Gasteiger partial charge in [-0.2, -0.15) is 9.50 Å². The monoisotopic (exact) mass is 448 g/mol. The Morgan fingerprint density at radius 2 is 1.81 bits per heavy atom. The van der Waals surface area contributed by atoms with E-state index >= 15 is 0 Å². The summed E-state index contributed by atoms with van der Waals surface area (Å²) in [6, 6.07) is 17.7. The zero-order valence-corrected chi connectivity index (χ0v) is 17.5. The van der Waals surface area contributed by atoms with Gasteiger partial charge in [0.05, 0.1) is 17.8 Å². The maximum atomic E-state index is 14.5. The number of hydrogen-bond acceptors (Lipinski definition) is 7. The zero-order valence-electron chi connectivity index (χ0n) is 16.6. The lowest BCUT2D eigenvalue weighted by molar-refractivity contribution is 0.626. The predicted octanol–water partition coefficient (Wildman–Crippen LogP) is 2.74. The third-order valence-electron chi connectivity index (χ3n) is 4.77. The van der Waals surface area contributed by atoms with Crippen LogP contribution in [0.1, 0.15) is 11.3 Å². The summed E-state index contributed by atoms with van der Waals surface area (Å²) < 4.78 is 17.5. The van der Waals surface area contributed by atoms with E-state index in [0.29, 0.717) is 34.5 Å². The molecule has 5 rings (SSSR count). The van der Waals surface area contributed by atoms with Gasteiger partial charge < -0.3 is 5.73 Å². The molecule has 0 spiro atoms. The summed E-state index contributed by atoms with van der Waals surface area (Å²) >= 11 is 1.35. The van der Waals surface area contributed by atoms with E-state index < -0.39 is 0 Å². The first-order chi connectivity index (χ1) is 15.6. The molecule has 0 saturated heterocycles. The first-order valence-corrected chi connectivity index (χ1v) is 10.7. The van der Waals surface area contributed by atoms with Crippen molar-refractivity contribution in [3.8, 4) is 11.4 Å². The molecule has 32 heavy (non-hydrogen) atoms. The normalized spacial score (nSPS) is 11.3. The van der Waals surface area contributed by atoms with Crippen molar-refractivity contribution in [1.29, 1.82) is 0 Å². The Morgan fingerprint density at radius 1 is 1.03 bits per heavy atom. The van der Waals surface area contributed by atoms with Crippen molar-refractivity contribution in [3.63, 3.8) is 0 Å². The Balaban J connectivity index is 1.49. The van der Waals surface area contributed by atoms with Gasteiger partial charge in [-0.1, -0.05) is 54.2 Å². The number of nitrogen functional groups attached to an aromatic ring is 1. The minimum atomic E-state index is -0.373. The SMILES string of the molecule is Nc1nc2nc(CSc3nnc(-c4ccccc4F)n3Cc3ccccc3)cc(=O)n2[nH]1. The Labute approximate surface area is 185 Å². The lowest BCUT2D eigenvalue weighted by atomic mass is 10.2. The highest BCUT2D eigenvalue weighted by molar-refractivity contribution is 7.98. The average Bonchev–Trinajstić information content (AvgIpc) is 3.36. The van der Waals surface area contributed by atoms with Crippen LogP contribution in [0.5, 0.6) is 0 Å². The van der Waals surface area contributed by atoms with Gasteiger partial charge in [-0.25, -0.2) is 9.37 Å². The highest BCUT2D eigenvalue weighted by atomic mass is 32.2.